The fraction of sp³-hybridized carbons (Fsp3) is 0.400. The van der Waals surface area contributed by atoms with Gasteiger partial charge in [0.2, 0.25) is 5.91 Å². The molecule has 8 heteroatoms. The smallest absolute Gasteiger partial charge is 0.325 e. The number of anilines is 1. The second-order valence-electron chi connectivity index (χ2n) is 8.80. The highest BCUT2D eigenvalue weighted by atomic mass is 16.5. The SMILES string of the molecule is COc1ccc(N2CCN(C(=O)CN3C(=O)N[C@@]4(CCCc5ccccc54)C3=O)CC2)cc1. The van der Waals surface area contributed by atoms with Gasteiger partial charge in [-0.2, -0.15) is 0 Å². The Bertz CT molecular complexity index is 1080. The van der Waals surface area contributed by atoms with Crippen molar-refractivity contribution in [1.82, 2.24) is 15.1 Å². The zero-order valence-corrected chi connectivity index (χ0v) is 18.8. The maximum Gasteiger partial charge on any atom is 0.325 e. The normalized spacial score (nSPS) is 22.4. The zero-order valence-electron chi connectivity index (χ0n) is 18.8. The maximum absolute atomic E-state index is 13.4. The van der Waals surface area contributed by atoms with E-state index in [4.69, 9.17) is 4.74 Å². The van der Waals surface area contributed by atoms with Crippen LogP contribution in [0.2, 0.25) is 0 Å². The first kappa shape index (κ1) is 21.3. The van der Waals surface area contributed by atoms with Gasteiger partial charge in [0.05, 0.1) is 7.11 Å². The maximum atomic E-state index is 13.4. The Labute approximate surface area is 193 Å². The quantitative estimate of drug-likeness (QED) is 0.725. The Kier molecular flexibility index (Phi) is 5.44. The number of hydrogen-bond donors (Lipinski definition) is 1. The van der Waals surface area contributed by atoms with Crippen molar-refractivity contribution in [2.45, 2.75) is 24.8 Å². The van der Waals surface area contributed by atoms with Gasteiger partial charge in [0.1, 0.15) is 17.8 Å². The molecule has 3 aliphatic rings. The lowest BCUT2D eigenvalue weighted by atomic mass is 9.76. The minimum atomic E-state index is -1.04. The monoisotopic (exact) mass is 448 g/mol. The number of carbonyl (C=O) groups is 3. The summed E-state index contributed by atoms with van der Waals surface area (Å²) >= 11 is 0. The molecule has 1 atom stereocenters. The molecule has 4 amide bonds. The summed E-state index contributed by atoms with van der Waals surface area (Å²) in [5, 5.41) is 2.92. The van der Waals surface area contributed by atoms with Crippen molar-refractivity contribution in [2.24, 2.45) is 0 Å². The summed E-state index contributed by atoms with van der Waals surface area (Å²) in [6.45, 7) is 2.24. The third kappa shape index (κ3) is 3.69. The number of nitrogens with zero attached hydrogens (tertiary/aromatic N) is 3. The lowest BCUT2D eigenvalue weighted by molar-refractivity contribution is -0.139. The fourth-order valence-corrected chi connectivity index (χ4v) is 5.20. The lowest BCUT2D eigenvalue weighted by Crippen LogP contribution is -2.52. The van der Waals surface area contributed by atoms with Gasteiger partial charge >= 0.3 is 6.03 Å². The Balaban J connectivity index is 1.24. The van der Waals surface area contributed by atoms with Gasteiger partial charge in [-0.15, -0.1) is 0 Å². The van der Waals surface area contributed by atoms with Crippen LogP contribution in [0, 0.1) is 0 Å². The number of piperazine rings is 1. The van der Waals surface area contributed by atoms with Crippen molar-refractivity contribution >= 4 is 23.5 Å². The number of fused-ring (bicyclic) bond motifs is 2. The highest BCUT2D eigenvalue weighted by Crippen LogP contribution is 2.39. The van der Waals surface area contributed by atoms with Crippen LogP contribution in [0.4, 0.5) is 10.5 Å². The van der Waals surface area contributed by atoms with Crippen LogP contribution in [0.15, 0.2) is 48.5 Å². The van der Waals surface area contributed by atoms with Crippen LogP contribution in [-0.4, -0.2) is 67.5 Å². The molecule has 1 N–H and O–H groups in total. The molecule has 2 saturated heterocycles. The van der Waals surface area contributed by atoms with Crippen LogP contribution in [0.3, 0.4) is 0 Å². The summed E-state index contributed by atoms with van der Waals surface area (Å²) in [5.41, 5.74) is 1.98. The van der Waals surface area contributed by atoms with E-state index in [1.54, 1.807) is 12.0 Å². The summed E-state index contributed by atoms with van der Waals surface area (Å²) in [6, 6.07) is 15.1. The second kappa shape index (κ2) is 8.42. The predicted octanol–water partition coefficient (Wildman–Crippen LogP) is 2.13. The van der Waals surface area contributed by atoms with Gasteiger partial charge in [0.15, 0.2) is 0 Å². The number of hydrogen-bond acceptors (Lipinski definition) is 5. The molecule has 2 aliphatic heterocycles. The Morgan fingerprint density at radius 2 is 1.76 bits per heavy atom. The van der Waals surface area contributed by atoms with Crippen LogP contribution in [0.5, 0.6) is 5.75 Å². The highest BCUT2D eigenvalue weighted by molar-refractivity contribution is 6.09. The van der Waals surface area contributed by atoms with Gasteiger partial charge in [-0.25, -0.2) is 4.79 Å². The number of imide groups is 1. The summed E-state index contributed by atoms with van der Waals surface area (Å²) < 4.78 is 5.21. The van der Waals surface area contributed by atoms with Crippen LogP contribution < -0.4 is 15.0 Å². The molecule has 0 radical (unpaired) electrons. The number of amides is 4. The van der Waals surface area contributed by atoms with E-state index >= 15 is 0 Å². The lowest BCUT2D eigenvalue weighted by Gasteiger charge is -2.36. The molecule has 172 valence electrons. The molecule has 2 fully saturated rings. The van der Waals surface area contributed by atoms with Crippen LogP contribution in [0.1, 0.15) is 24.0 Å². The van der Waals surface area contributed by atoms with Crippen LogP contribution in [-0.2, 0) is 21.5 Å². The molecule has 5 rings (SSSR count). The van der Waals surface area contributed by atoms with E-state index in [1.807, 2.05) is 48.5 Å². The van der Waals surface area contributed by atoms with Gasteiger partial charge in [0, 0.05) is 31.9 Å². The largest absolute Gasteiger partial charge is 0.497 e. The molecule has 0 bridgehead atoms. The molecule has 2 aromatic rings. The molecule has 0 aromatic heterocycles. The number of methoxy groups -OCH3 is 1. The fourth-order valence-electron chi connectivity index (χ4n) is 5.20. The summed E-state index contributed by atoms with van der Waals surface area (Å²) in [5.74, 6) is 0.290. The number of rotatable bonds is 4. The van der Waals surface area contributed by atoms with Gasteiger partial charge in [-0.05, 0) is 54.7 Å². The van der Waals surface area contributed by atoms with Crippen molar-refractivity contribution in [3.8, 4) is 5.75 Å². The molecule has 8 nitrogen and oxygen atoms in total. The number of ether oxygens (including phenoxy) is 1. The molecule has 33 heavy (non-hydrogen) atoms. The average molecular weight is 449 g/mol. The molecule has 1 spiro atoms. The number of aryl methyl sites for hydroxylation is 1. The van der Waals surface area contributed by atoms with Crippen molar-refractivity contribution in [1.29, 1.82) is 0 Å². The minimum Gasteiger partial charge on any atom is -0.497 e. The number of urea groups is 1. The van der Waals surface area contributed by atoms with Crippen molar-refractivity contribution in [2.75, 3.05) is 44.7 Å². The van der Waals surface area contributed by atoms with Crippen molar-refractivity contribution in [3.63, 3.8) is 0 Å². The average Bonchev–Trinajstić information content (AvgIpc) is 3.09. The standard InChI is InChI=1S/C25H28N4O4/c1-33-20-10-8-19(9-11-20)27-13-15-28(16-14-27)22(30)17-29-23(31)25(26-24(29)32)12-4-6-18-5-2-3-7-21(18)25/h2-3,5,7-11H,4,6,12-17H2,1H3,(H,26,32)/t25-/m1/s1. The molecular weight excluding hydrogens is 420 g/mol. The molecular formula is C25H28N4O4. The van der Waals surface area contributed by atoms with E-state index in [9.17, 15) is 14.4 Å². The Hall–Kier alpha value is -3.55. The Morgan fingerprint density at radius 1 is 1.03 bits per heavy atom. The van der Waals surface area contributed by atoms with Gasteiger partial charge in [-0.3, -0.25) is 14.5 Å². The molecule has 2 heterocycles. The minimum absolute atomic E-state index is 0.200. The number of benzene rings is 2. The summed E-state index contributed by atoms with van der Waals surface area (Å²) in [6.07, 6.45) is 2.26. The van der Waals surface area contributed by atoms with E-state index < -0.39 is 11.6 Å². The third-order valence-electron chi connectivity index (χ3n) is 7.01. The summed E-state index contributed by atoms with van der Waals surface area (Å²) in [7, 11) is 1.64. The van der Waals surface area contributed by atoms with E-state index in [0.717, 1.165) is 40.3 Å². The predicted molar refractivity (Wildman–Crippen MR) is 123 cm³/mol. The van der Waals surface area contributed by atoms with E-state index in [0.29, 0.717) is 32.6 Å². The van der Waals surface area contributed by atoms with Crippen molar-refractivity contribution in [3.05, 3.63) is 59.7 Å². The molecule has 0 unspecified atom stereocenters. The van der Waals surface area contributed by atoms with Gasteiger partial charge < -0.3 is 19.9 Å². The topological polar surface area (TPSA) is 82.2 Å². The zero-order chi connectivity index (χ0) is 23.0. The molecule has 1 aliphatic carbocycles. The van der Waals surface area contributed by atoms with E-state index in [1.165, 1.54) is 0 Å². The summed E-state index contributed by atoms with van der Waals surface area (Å²) in [4.78, 5) is 44.2. The van der Waals surface area contributed by atoms with Crippen LogP contribution >= 0.6 is 0 Å². The van der Waals surface area contributed by atoms with Gasteiger partial charge in [0.25, 0.3) is 5.91 Å². The highest BCUT2D eigenvalue weighted by Gasteiger charge is 2.54. The van der Waals surface area contributed by atoms with E-state index in [-0.39, 0.29) is 18.4 Å². The first-order valence-electron chi connectivity index (χ1n) is 11.4. The number of carbonyl (C=O) groups excluding carboxylic acids is 3. The van der Waals surface area contributed by atoms with Crippen LogP contribution in [0.25, 0.3) is 0 Å². The third-order valence-corrected chi connectivity index (χ3v) is 7.01. The Morgan fingerprint density at radius 3 is 2.48 bits per heavy atom. The van der Waals surface area contributed by atoms with Gasteiger partial charge in [-0.1, -0.05) is 24.3 Å². The number of nitrogens with one attached hydrogen (secondary N) is 1. The first-order chi connectivity index (χ1) is 16.0. The second-order valence-corrected chi connectivity index (χ2v) is 8.80. The van der Waals surface area contributed by atoms with E-state index in [2.05, 4.69) is 10.2 Å². The molecule has 2 aromatic carbocycles. The van der Waals surface area contributed by atoms with Crippen molar-refractivity contribution < 1.29 is 19.1 Å². The first-order valence-corrected chi connectivity index (χ1v) is 11.4. The molecule has 0 saturated carbocycles.